The molecule has 0 aliphatic rings. The van der Waals surface area contributed by atoms with Gasteiger partial charge in [0.1, 0.15) is 12.7 Å². The Morgan fingerprint density at radius 2 is 2.00 bits per heavy atom. The van der Waals surface area contributed by atoms with Crippen LogP contribution in [0.3, 0.4) is 0 Å². The van der Waals surface area contributed by atoms with Gasteiger partial charge >= 0.3 is 11.9 Å². The summed E-state index contributed by atoms with van der Waals surface area (Å²) in [5, 5.41) is 19.2. The van der Waals surface area contributed by atoms with Crippen LogP contribution in [-0.4, -0.2) is 41.4 Å². The normalized spacial score (nSPS) is 12.4. The summed E-state index contributed by atoms with van der Waals surface area (Å²) in [6.07, 6.45) is -0.277. The van der Waals surface area contributed by atoms with E-state index >= 15 is 0 Å². The fourth-order valence-corrected chi connectivity index (χ4v) is 0.809. The molecule has 0 aromatic heterocycles. The lowest BCUT2D eigenvalue weighted by Gasteiger charge is -2.11. The molecule has 5 nitrogen and oxygen atoms in total. The van der Waals surface area contributed by atoms with E-state index in [0.29, 0.717) is 0 Å². The predicted molar refractivity (Wildman–Crippen MR) is 42.3 cm³/mol. The van der Waals surface area contributed by atoms with Crippen LogP contribution in [0.1, 0.15) is 12.8 Å². The van der Waals surface area contributed by atoms with Crippen LogP contribution in [-0.2, 0) is 9.59 Å². The molecule has 0 unspecified atom stereocenters. The maximum absolute atomic E-state index is 11.6. The minimum Gasteiger partial charge on any atom is -0.481 e. The van der Waals surface area contributed by atoms with E-state index in [0.717, 1.165) is 0 Å². The molecule has 13 heavy (non-hydrogen) atoms. The number of rotatable bonds is 7. The summed E-state index contributed by atoms with van der Waals surface area (Å²) < 4.78 is 11.6. The Hall–Kier alpha value is -1.17. The summed E-state index contributed by atoms with van der Waals surface area (Å²) in [5.41, 5.74) is 0. The van der Waals surface area contributed by atoms with Crippen LogP contribution in [0.15, 0.2) is 0 Å². The van der Waals surface area contributed by atoms with Crippen molar-refractivity contribution in [3.63, 3.8) is 0 Å². The number of hydrogen-bond donors (Lipinski definition) is 3. The fraction of sp³-hybridized carbons (Fsp3) is 0.714. The first kappa shape index (κ1) is 11.8. The Balaban J connectivity index is 3.80. The summed E-state index contributed by atoms with van der Waals surface area (Å²) in [6.45, 7) is -0.743. The van der Waals surface area contributed by atoms with Crippen molar-refractivity contribution in [2.24, 2.45) is 0 Å². The van der Waals surface area contributed by atoms with Crippen LogP contribution in [0.4, 0.5) is 4.39 Å². The molecule has 0 heterocycles. The number of carboxylic acid groups (broad SMARTS) is 2. The Kier molecular flexibility index (Phi) is 5.79. The van der Waals surface area contributed by atoms with Crippen molar-refractivity contribution in [2.45, 2.75) is 18.9 Å². The molecule has 0 bridgehead atoms. The number of carbonyl (C=O) groups is 2. The molecule has 0 aromatic rings. The molecule has 1 atom stereocenters. The number of aliphatic carboxylic acids is 2. The molecule has 0 fully saturated rings. The van der Waals surface area contributed by atoms with Crippen molar-refractivity contribution in [1.29, 1.82) is 0 Å². The second-order valence-electron chi connectivity index (χ2n) is 2.47. The van der Waals surface area contributed by atoms with Gasteiger partial charge in [0.25, 0.3) is 0 Å². The van der Waals surface area contributed by atoms with Gasteiger partial charge in [0, 0.05) is 13.0 Å². The number of carboxylic acids is 2. The number of halogens is 1. The van der Waals surface area contributed by atoms with Crippen LogP contribution in [0, 0.1) is 0 Å². The van der Waals surface area contributed by atoms with E-state index in [1.165, 1.54) is 0 Å². The van der Waals surface area contributed by atoms with Gasteiger partial charge < -0.3 is 15.5 Å². The third-order valence-corrected chi connectivity index (χ3v) is 1.43. The number of alkyl halides is 1. The number of hydrogen-bond acceptors (Lipinski definition) is 3. The Morgan fingerprint density at radius 1 is 1.38 bits per heavy atom. The zero-order valence-corrected chi connectivity index (χ0v) is 6.99. The smallest absolute Gasteiger partial charge is 0.320 e. The molecule has 0 radical (unpaired) electrons. The average Bonchev–Trinajstić information content (AvgIpc) is 2.03. The molecule has 0 aliphatic heterocycles. The molecule has 0 aliphatic carbocycles. The van der Waals surface area contributed by atoms with Gasteiger partial charge in [-0.2, -0.15) is 0 Å². The molecule has 3 N–H and O–H groups in total. The SMILES string of the molecule is O=C(O)CC[C@H](NCC[18F])C(=O)O. The molecule has 0 saturated carbocycles. The highest BCUT2D eigenvalue weighted by Crippen LogP contribution is 1.97. The van der Waals surface area contributed by atoms with Gasteiger partial charge in [-0.3, -0.25) is 9.59 Å². The second kappa shape index (κ2) is 6.36. The molecular formula is C7H12FNO4. The van der Waals surface area contributed by atoms with E-state index in [1.54, 1.807) is 0 Å². The first-order valence-corrected chi connectivity index (χ1v) is 3.82. The van der Waals surface area contributed by atoms with Gasteiger partial charge in [-0.25, -0.2) is 4.39 Å². The van der Waals surface area contributed by atoms with E-state index in [-0.39, 0.29) is 19.4 Å². The second-order valence-corrected chi connectivity index (χ2v) is 2.47. The van der Waals surface area contributed by atoms with E-state index in [2.05, 4.69) is 5.32 Å². The van der Waals surface area contributed by atoms with Crippen LogP contribution in [0.2, 0.25) is 0 Å². The Labute approximate surface area is 74.6 Å². The highest BCUT2D eigenvalue weighted by molar-refractivity contribution is 5.75. The van der Waals surface area contributed by atoms with Gasteiger partial charge in [0.2, 0.25) is 0 Å². The minimum atomic E-state index is -1.16. The van der Waals surface area contributed by atoms with E-state index in [1.807, 2.05) is 0 Å². The van der Waals surface area contributed by atoms with Crippen molar-refractivity contribution < 1.29 is 24.2 Å². The summed E-state index contributed by atoms with van der Waals surface area (Å²) in [5.74, 6) is -2.22. The fourth-order valence-electron chi connectivity index (χ4n) is 0.809. The number of nitrogens with one attached hydrogen (secondary N) is 1. The van der Waals surface area contributed by atoms with Crippen molar-refractivity contribution in [2.75, 3.05) is 13.2 Å². The monoisotopic (exact) mass is 192 g/mol. The lowest BCUT2D eigenvalue weighted by molar-refractivity contribution is -0.140. The zero-order valence-electron chi connectivity index (χ0n) is 6.99. The maximum Gasteiger partial charge on any atom is 0.320 e. The summed E-state index contributed by atoms with van der Waals surface area (Å²) >= 11 is 0. The molecular weight excluding hydrogens is 180 g/mol. The van der Waals surface area contributed by atoms with Crippen LogP contribution in [0.25, 0.3) is 0 Å². The molecule has 76 valence electrons. The van der Waals surface area contributed by atoms with Gasteiger partial charge in [0.05, 0.1) is 0 Å². The molecule has 0 rings (SSSR count). The van der Waals surface area contributed by atoms with Gasteiger partial charge in [-0.1, -0.05) is 0 Å². The molecule has 0 spiro atoms. The topological polar surface area (TPSA) is 86.6 Å². The third-order valence-electron chi connectivity index (χ3n) is 1.43. The summed E-state index contributed by atoms with van der Waals surface area (Å²) in [6, 6.07) is -0.980. The Morgan fingerprint density at radius 3 is 2.38 bits per heavy atom. The largest absolute Gasteiger partial charge is 0.481 e. The average molecular weight is 192 g/mol. The standard InChI is InChI=1S/C7H12FNO4/c8-3-4-9-5(7(12)13)1-2-6(10)11/h5,9H,1-4H2,(H,10,11)(H,12,13)/t5-/m0/s1/i8-1. The molecule has 0 amide bonds. The van der Waals surface area contributed by atoms with Gasteiger partial charge in [-0.15, -0.1) is 0 Å². The third kappa shape index (κ3) is 6.03. The van der Waals surface area contributed by atoms with E-state index in [4.69, 9.17) is 10.2 Å². The van der Waals surface area contributed by atoms with Crippen LogP contribution >= 0.6 is 0 Å². The predicted octanol–water partition coefficient (Wildman–Crippen LogP) is -0.137. The quantitative estimate of drug-likeness (QED) is 0.522. The maximum atomic E-state index is 11.6. The van der Waals surface area contributed by atoms with Gasteiger partial charge in [0.15, 0.2) is 0 Å². The molecule has 6 heteroatoms. The lowest BCUT2D eigenvalue weighted by Crippen LogP contribution is -2.38. The van der Waals surface area contributed by atoms with Crippen LogP contribution < -0.4 is 5.32 Å². The zero-order chi connectivity index (χ0) is 10.3. The van der Waals surface area contributed by atoms with E-state index < -0.39 is 24.7 Å². The molecule has 0 saturated heterocycles. The van der Waals surface area contributed by atoms with Crippen molar-refractivity contribution in [3.8, 4) is 0 Å². The minimum absolute atomic E-state index is 0.0370. The first-order valence-electron chi connectivity index (χ1n) is 3.82. The molecule has 0 aromatic carbocycles. The highest BCUT2D eigenvalue weighted by Gasteiger charge is 2.17. The summed E-state index contributed by atoms with van der Waals surface area (Å²) in [4.78, 5) is 20.5. The Bertz CT molecular complexity index is 185. The van der Waals surface area contributed by atoms with Gasteiger partial charge in [-0.05, 0) is 6.42 Å². The first-order chi connectivity index (χ1) is 6.07. The lowest BCUT2D eigenvalue weighted by atomic mass is 10.1. The van der Waals surface area contributed by atoms with Crippen molar-refractivity contribution in [1.82, 2.24) is 5.32 Å². The summed E-state index contributed by atoms with van der Waals surface area (Å²) in [7, 11) is 0. The highest BCUT2D eigenvalue weighted by atomic mass is 18.2. The van der Waals surface area contributed by atoms with Crippen molar-refractivity contribution in [3.05, 3.63) is 0 Å². The van der Waals surface area contributed by atoms with Crippen LogP contribution in [0.5, 0.6) is 0 Å². The van der Waals surface area contributed by atoms with Crippen molar-refractivity contribution >= 4 is 11.9 Å². The van der Waals surface area contributed by atoms with E-state index in [9.17, 15) is 14.0 Å².